The molecule has 5 nitrogen and oxygen atoms in total. The highest BCUT2D eigenvalue weighted by Gasteiger charge is 2.25. The highest BCUT2D eigenvalue weighted by molar-refractivity contribution is 6.31. The van der Waals surface area contributed by atoms with Gasteiger partial charge in [0.25, 0.3) is 5.91 Å². The third-order valence-corrected chi connectivity index (χ3v) is 5.65. The van der Waals surface area contributed by atoms with Crippen LogP contribution < -0.4 is 5.32 Å². The molecule has 1 aromatic carbocycles. The van der Waals surface area contributed by atoms with Gasteiger partial charge in [-0.1, -0.05) is 18.5 Å². The zero-order valence-electron chi connectivity index (χ0n) is 16.4. The molecular weight excluding hydrogens is 391 g/mol. The summed E-state index contributed by atoms with van der Waals surface area (Å²) in [5, 5.41) is 4.00. The summed E-state index contributed by atoms with van der Waals surface area (Å²) in [6.07, 6.45) is 3.55. The minimum atomic E-state index is -0.493. The Morgan fingerprint density at radius 1 is 1.24 bits per heavy atom. The Hall–Kier alpha value is -2.73. The van der Waals surface area contributed by atoms with Gasteiger partial charge in [-0.2, -0.15) is 0 Å². The first-order valence-electron chi connectivity index (χ1n) is 9.70. The number of aryl methyl sites for hydroxylation is 1. The predicted molar refractivity (Wildman–Crippen MR) is 113 cm³/mol. The second-order valence-corrected chi connectivity index (χ2v) is 8.01. The summed E-state index contributed by atoms with van der Waals surface area (Å²) >= 11 is 5.94. The molecule has 0 spiro atoms. The quantitative estimate of drug-likeness (QED) is 0.630. The van der Waals surface area contributed by atoms with Gasteiger partial charge in [0.05, 0.1) is 16.3 Å². The Morgan fingerprint density at radius 2 is 2.00 bits per heavy atom. The molecule has 0 unspecified atom stereocenters. The van der Waals surface area contributed by atoms with E-state index in [4.69, 9.17) is 11.6 Å². The number of nitrogens with one attached hydrogen (secondary N) is 1. The van der Waals surface area contributed by atoms with Crippen molar-refractivity contribution in [1.29, 1.82) is 0 Å². The topological polar surface area (TPSA) is 58.1 Å². The number of amides is 1. The Bertz CT molecular complexity index is 1080. The van der Waals surface area contributed by atoms with E-state index in [1.807, 2.05) is 24.0 Å². The lowest BCUT2D eigenvalue weighted by Gasteiger charge is -2.31. The average molecular weight is 413 g/mol. The number of carbonyl (C=O) groups is 1. The first kappa shape index (κ1) is 19.6. The molecule has 0 radical (unpaired) electrons. The molecule has 4 rings (SSSR count). The normalized spacial score (nSPS) is 15.0. The number of pyridine rings is 2. The van der Waals surface area contributed by atoms with Crippen molar-refractivity contribution in [2.45, 2.75) is 26.7 Å². The standard InChI is InChI=1S/C22H22ClFN4O/c1-13-7-9-28(10-8-13)22(29)17-12-25-21-16(5-3-14(2)26-21)20(17)27-15-4-6-19(24)18(23)11-15/h3-6,11-13H,7-10H2,1-2H3,(H,25,26,27). The van der Waals surface area contributed by atoms with Crippen LogP contribution in [0.5, 0.6) is 0 Å². The van der Waals surface area contributed by atoms with Crippen molar-refractivity contribution in [2.75, 3.05) is 18.4 Å². The predicted octanol–water partition coefficient (Wildman–Crippen LogP) is 5.35. The van der Waals surface area contributed by atoms with E-state index in [2.05, 4.69) is 22.2 Å². The monoisotopic (exact) mass is 412 g/mol. The summed E-state index contributed by atoms with van der Waals surface area (Å²) in [6, 6.07) is 8.16. The molecule has 150 valence electrons. The number of piperidine rings is 1. The zero-order valence-corrected chi connectivity index (χ0v) is 17.1. The van der Waals surface area contributed by atoms with Crippen molar-refractivity contribution in [3.63, 3.8) is 0 Å². The Labute approximate surface area is 173 Å². The fourth-order valence-electron chi connectivity index (χ4n) is 3.57. The second-order valence-electron chi connectivity index (χ2n) is 7.60. The van der Waals surface area contributed by atoms with Crippen LogP contribution in [-0.4, -0.2) is 33.9 Å². The molecule has 1 fully saturated rings. The van der Waals surface area contributed by atoms with E-state index in [0.717, 1.165) is 37.0 Å². The number of aromatic nitrogens is 2. The van der Waals surface area contributed by atoms with Gasteiger partial charge in [0, 0.05) is 36.1 Å². The molecule has 3 heterocycles. The second kappa shape index (κ2) is 7.95. The van der Waals surface area contributed by atoms with Crippen molar-refractivity contribution in [3.05, 3.63) is 58.6 Å². The number of nitrogens with zero attached hydrogens (tertiary/aromatic N) is 3. The highest BCUT2D eigenvalue weighted by atomic mass is 35.5. The summed E-state index contributed by atoms with van der Waals surface area (Å²) in [7, 11) is 0. The summed E-state index contributed by atoms with van der Waals surface area (Å²) in [5.74, 6) is 0.0651. The SMILES string of the molecule is Cc1ccc2c(Nc3ccc(F)c(Cl)c3)c(C(=O)N3CCC(C)CC3)cnc2n1. The van der Waals surface area contributed by atoms with Crippen LogP contribution in [0.2, 0.25) is 5.02 Å². The molecular formula is C22H22ClFN4O. The van der Waals surface area contributed by atoms with Crippen molar-refractivity contribution >= 4 is 39.9 Å². The molecule has 0 aliphatic carbocycles. The summed E-state index contributed by atoms with van der Waals surface area (Å²) in [4.78, 5) is 24.0. The van der Waals surface area contributed by atoms with Gasteiger partial charge in [0.1, 0.15) is 5.82 Å². The van der Waals surface area contributed by atoms with Crippen molar-refractivity contribution in [2.24, 2.45) is 5.92 Å². The number of benzene rings is 1. The van der Waals surface area contributed by atoms with Crippen LogP contribution in [-0.2, 0) is 0 Å². The van der Waals surface area contributed by atoms with Gasteiger partial charge in [-0.3, -0.25) is 4.79 Å². The number of rotatable bonds is 3. The van der Waals surface area contributed by atoms with Crippen LogP contribution in [0.25, 0.3) is 11.0 Å². The maximum atomic E-state index is 13.6. The third-order valence-electron chi connectivity index (χ3n) is 5.36. The fourth-order valence-corrected chi connectivity index (χ4v) is 3.75. The summed E-state index contributed by atoms with van der Waals surface area (Å²) in [6.45, 7) is 5.55. The fraction of sp³-hybridized carbons (Fsp3) is 0.318. The Balaban J connectivity index is 1.78. The molecule has 29 heavy (non-hydrogen) atoms. The number of carbonyl (C=O) groups excluding carboxylic acids is 1. The average Bonchev–Trinajstić information content (AvgIpc) is 2.71. The van der Waals surface area contributed by atoms with E-state index < -0.39 is 5.82 Å². The van der Waals surface area contributed by atoms with Gasteiger partial charge in [-0.15, -0.1) is 0 Å². The molecule has 1 amide bonds. The van der Waals surface area contributed by atoms with Crippen LogP contribution in [0.1, 0.15) is 35.8 Å². The van der Waals surface area contributed by atoms with Gasteiger partial charge in [-0.25, -0.2) is 14.4 Å². The van der Waals surface area contributed by atoms with E-state index in [1.54, 1.807) is 12.3 Å². The first-order valence-corrected chi connectivity index (χ1v) is 10.1. The van der Waals surface area contributed by atoms with E-state index in [1.165, 1.54) is 12.1 Å². The van der Waals surface area contributed by atoms with Gasteiger partial charge < -0.3 is 10.2 Å². The first-order chi connectivity index (χ1) is 13.9. The van der Waals surface area contributed by atoms with E-state index >= 15 is 0 Å². The van der Waals surface area contributed by atoms with Crippen LogP contribution in [0.3, 0.4) is 0 Å². The molecule has 0 saturated carbocycles. The lowest BCUT2D eigenvalue weighted by Crippen LogP contribution is -2.38. The number of likely N-dealkylation sites (tertiary alicyclic amines) is 1. The maximum absolute atomic E-state index is 13.6. The molecule has 1 aliphatic rings. The van der Waals surface area contributed by atoms with Gasteiger partial charge in [0.15, 0.2) is 5.65 Å². The molecule has 3 aromatic rings. The van der Waals surface area contributed by atoms with E-state index in [-0.39, 0.29) is 10.9 Å². The van der Waals surface area contributed by atoms with Crippen molar-refractivity contribution in [3.8, 4) is 0 Å². The number of anilines is 2. The smallest absolute Gasteiger partial charge is 0.257 e. The van der Waals surface area contributed by atoms with Crippen LogP contribution in [0.4, 0.5) is 15.8 Å². The number of hydrogen-bond acceptors (Lipinski definition) is 4. The number of fused-ring (bicyclic) bond motifs is 1. The van der Waals surface area contributed by atoms with Gasteiger partial charge >= 0.3 is 0 Å². The summed E-state index contributed by atoms with van der Waals surface area (Å²) in [5.41, 5.74) is 3.05. The minimum absolute atomic E-state index is 0.0141. The lowest BCUT2D eigenvalue weighted by molar-refractivity contribution is 0.0698. The lowest BCUT2D eigenvalue weighted by atomic mass is 9.98. The molecule has 2 aromatic heterocycles. The largest absolute Gasteiger partial charge is 0.354 e. The van der Waals surface area contributed by atoms with Crippen LogP contribution in [0.15, 0.2) is 36.5 Å². The minimum Gasteiger partial charge on any atom is -0.354 e. The van der Waals surface area contributed by atoms with Gasteiger partial charge in [0.2, 0.25) is 0 Å². The van der Waals surface area contributed by atoms with Gasteiger partial charge in [-0.05, 0) is 56.0 Å². The highest BCUT2D eigenvalue weighted by Crippen LogP contribution is 2.31. The van der Waals surface area contributed by atoms with E-state index in [9.17, 15) is 9.18 Å². The number of halogens is 2. The Kier molecular flexibility index (Phi) is 5.37. The van der Waals surface area contributed by atoms with Crippen LogP contribution in [0, 0.1) is 18.7 Å². The third kappa shape index (κ3) is 4.03. The van der Waals surface area contributed by atoms with E-state index in [0.29, 0.717) is 28.5 Å². The molecule has 0 bridgehead atoms. The maximum Gasteiger partial charge on any atom is 0.257 e. The van der Waals surface area contributed by atoms with Crippen molar-refractivity contribution < 1.29 is 9.18 Å². The van der Waals surface area contributed by atoms with Crippen LogP contribution >= 0.6 is 11.6 Å². The molecule has 0 atom stereocenters. The molecule has 1 aliphatic heterocycles. The van der Waals surface area contributed by atoms with Crippen molar-refractivity contribution in [1.82, 2.24) is 14.9 Å². The Morgan fingerprint density at radius 3 is 2.72 bits per heavy atom. The number of hydrogen-bond donors (Lipinski definition) is 1. The molecule has 1 saturated heterocycles. The molecule has 7 heteroatoms. The summed E-state index contributed by atoms with van der Waals surface area (Å²) < 4.78 is 13.6. The zero-order chi connectivity index (χ0) is 20.5. The molecule has 1 N–H and O–H groups in total.